The highest BCUT2D eigenvalue weighted by Gasteiger charge is 2.21. The molecule has 2 unspecified atom stereocenters. The summed E-state index contributed by atoms with van der Waals surface area (Å²) >= 11 is 3.34. The first-order chi connectivity index (χ1) is 8.99. The second-order valence-corrected chi connectivity index (χ2v) is 5.04. The quantitative estimate of drug-likeness (QED) is 0.813. The van der Waals surface area contributed by atoms with Crippen LogP contribution >= 0.6 is 15.9 Å². The minimum Gasteiger partial charge on any atom is -0.478 e. The average Bonchev–Trinajstić information content (AvgIpc) is 2.37. The molecule has 5 heteroatoms. The number of halogens is 1. The molecule has 0 radical (unpaired) electrons. The predicted octanol–water partition coefficient (Wildman–Crippen LogP) is 3.22. The van der Waals surface area contributed by atoms with Gasteiger partial charge in [0, 0.05) is 10.0 Å². The summed E-state index contributed by atoms with van der Waals surface area (Å²) in [6.45, 7) is 5.58. The molecule has 0 saturated carbocycles. The van der Waals surface area contributed by atoms with E-state index in [2.05, 4.69) is 15.9 Å². The summed E-state index contributed by atoms with van der Waals surface area (Å²) in [5.41, 5.74) is 0.636. The lowest BCUT2D eigenvalue weighted by Crippen LogP contribution is -2.29. The molecule has 0 saturated heterocycles. The van der Waals surface area contributed by atoms with Crippen LogP contribution in [0, 0.1) is 0 Å². The highest BCUT2D eigenvalue weighted by Crippen LogP contribution is 2.29. The van der Waals surface area contributed by atoms with Gasteiger partial charge in [-0.2, -0.15) is 0 Å². The van der Waals surface area contributed by atoms with E-state index < -0.39 is 12.2 Å². The number of aliphatic hydroxyl groups excluding tert-OH is 1. The fraction of sp³-hybridized carbons (Fsp3) is 0.500. The zero-order chi connectivity index (χ0) is 14.4. The summed E-state index contributed by atoms with van der Waals surface area (Å²) in [5.74, 6) is 0.113. The number of carbonyl (C=O) groups is 1. The Morgan fingerprint density at radius 3 is 2.63 bits per heavy atom. The first-order valence-corrected chi connectivity index (χ1v) is 7.09. The lowest BCUT2D eigenvalue weighted by atomic mass is 10.1. The first-order valence-electron chi connectivity index (χ1n) is 6.30. The Labute approximate surface area is 121 Å². The van der Waals surface area contributed by atoms with Crippen LogP contribution in [0.4, 0.5) is 0 Å². The van der Waals surface area contributed by atoms with E-state index in [1.54, 1.807) is 32.0 Å². The standard InChI is InChI=1S/C14H19BrO4/c1-4-12(14(17)18-5-2)19-13-7-6-10(15)8-11(13)9(3)16/h6-9,12,16H,4-5H2,1-3H3. The summed E-state index contributed by atoms with van der Waals surface area (Å²) < 4.78 is 11.5. The van der Waals surface area contributed by atoms with Crippen LogP contribution in [-0.2, 0) is 9.53 Å². The smallest absolute Gasteiger partial charge is 0.347 e. The van der Waals surface area contributed by atoms with E-state index >= 15 is 0 Å². The van der Waals surface area contributed by atoms with Crippen LogP contribution < -0.4 is 4.74 Å². The van der Waals surface area contributed by atoms with Crippen molar-refractivity contribution in [1.82, 2.24) is 0 Å². The van der Waals surface area contributed by atoms with Crippen LogP contribution in [0.5, 0.6) is 5.75 Å². The normalized spacial score (nSPS) is 13.7. The molecule has 0 bridgehead atoms. The van der Waals surface area contributed by atoms with E-state index in [-0.39, 0.29) is 5.97 Å². The monoisotopic (exact) mass is 330 g/mol. The maximum Gasteiger partial charge on any atom is 0.347 e. The number of hydrogen-bond acceptors (Lipinski definition) is 4. The van der Waals surface area contributed by atoms with Crippen LogP contribution in [0.15, 0.2) is 22.7 Å². The third kappa shape index (κ3) is 4.51. The van der Waals surface area contributed by atoms with Gasteiger partial charge in [0.1, 0.15) is 5.75 Å². The predicted molar refractivity (Wildman–Crippen MR) is 76.1 cm³/mol. The van der Waals surface area contributed by atoms with E-state index in [1.165, 1.54) is 0 Å². The molecule has 19 heavy (non-hydrogen) atoms. The molecule has 4 nitrogen and oxygen atoms in total. The van der Waals surface area contributed by atoms with E-state index in [1.807, 2.05) is 6.92 Å². The Bertz CT molecular complexity index is 431. The van der Waals surface area contributed by atoms with E-state index in [0.717, 1.165) is 4.47 Å². The van der Waals surface area contributed by atoms with Gasteiger partial charge >= 0.3 is 5.97 Å². The van der Waals surface area contributed by atoms with Gasteiger partial charge in [-0.1, -0.05) is 22.9 Å². The maximum absolute atomic E-state index is 11.7. The molecule has 0 heterocycles. The van der Waals surface area contributed by atoms with Crippen LogP contribution in [-0.4, -0.2) is 23.8 Å². The van der Waals surface area contributed by atoms with Gasteiger partial charge in [-0.3, -0.25) is 0 Å². The first kappa shape index (κ1) is 16.0. The van der Waals surface area contributed by atoms with Crippen molar-refractivity contribution in [2.75, 3.05) is 6.61 Å². The number of benzene rings is 1. The van der Waals surface area contributed by atoms with Crippen molar-refractivity contribution in [3.63, 3.8) is 0 Å². The number of rotatable bonds is 6. The zero-order valence-corrected chi connectivity index (χ0v) is 12.9. The van der Waals surface area contributed by atoms with Crippen molar-refractivity contribution in [1.29, 1.82) is 0 Å². The topological polar surface area (TPSA) is 55.8 Å². The van der Waals surface area contributed by atoms with Crippen molar-refractivity contribution in [3.05, 3.63) is 28.2 Å². The molecule has 0 aliphatic rings. The molecular formula is C14H19BrO4. The molecule has 0 aliphatic heterocycles. The molecule has 1 aromatic carbocycles. The van der Waals surface area contributed by atoms with Crippen LogP contribution in [0.3, 0.4) is 0 Å². The fourth-order valence-electron chi connectivity index (χ4n) is 1.64. The molecule has 0 fully saturated rings. The number of ether oxygens (including phenoxy) is 2. The second kappa shape index (κ2) is 7.50. The second-order valence-electron chi connectivity index (χ2n) is 4.12. The third-order valence-electron chi connectivity index (χ3n) is 2.61. The van der Waals surface area contributed by atoms with Gasteiger partial charge in [-0.05, 0) is 38.5 Å². The van der Waals surface area contributed by atoms with E-state index in [4.69, 9.17) is 9.47 Å². The minimum absolute atomic E-state index is 0.322. The van der Waals surface area contributed by atoms with E-state index in [0.29, 0.717) is 24.3 Å². The van der Waals surface area contributed by atoms with Gasteiger partial charge in [0.25, 0.3) is 0 Å². The molecule has 106 valence electrons. The zero-order valence-electron chi connectivity index (χ0n) is 11.4. The van der Waals surface area contributed by atoms with Crippen molar-refractivity contribution in [2.24, 2.45) is 0 Å². The molecule has 0 amide bonds. The lowest BCUT2D eigenvalue weighted by Gasteiger charge is -2.19. The van der Waals surface area contributed by atoms with Crippen LogP contribution in [0.25, 0.3) is 0 Å². The Balaban J connectivity index is 2.93. The van der Waals surface area contributed by atoms with Gasteiger partial charge in [-0.25, -0.2) is 4.79 Å². The Kier molecular flexibility index (Phi) is 6.31. The van der Waals surface area contributed by atoms with E-state index in [9.17, 15) is 9.90 Å². The summed E-state index contributed by atoms with van der Waals surface area (Å²) in [6.07, 6.45) is -0.820. The molecule has 1 rings (SSSR count). The van der Waals surface area contributed by atoms with Gasteiger partial charge in [0.2, 0.25) is 0 Å². The largest absolute Gasteiger partial charge is 0.478 e. The van der Waals surface area contributed by atoms with Gasteiger partial charge < -0.3 is 14.6 Å². The van der Waals surface area contributed by atoms with Gasteiger partial charge in [-0.15, -0.1) is 0 Å². The Morgan fingerprint density at radius 2 is 2.11 bits per heavy atom. The molecule has 0 aliphatic carbocycles. The van der Waals surface area contributed by atoms with Gasteiger partial charge in [0.15, 0.2) is 6.10 Å². The number of esters is 1. The molecule has 0 spiro atoms. The molecule has 2 atom stereocenters. The molecule has 1 N–H and O–H groups in total. The van der Waals surface area contributed by atoms with Crippen molar-refractivity contribution in [2.45, 2.75) is 39.4 Å². The molecular weight excluding hydrogens is 312 g/mol. The van der Waals surface area contributed by atoms with Gasteiger partial charge in [0.05, 0.1) is 12.7 Å². The SMILES string of the molecule is CCOC(=O)C(CC)Oc1ccc(Br)cc1C(C)O. The summed E-state index contributed by atoms with van der Waals surface area (Å²) in [4.78, 5) is 11.7. The third-order valence-corrected chi connectivity index (χ3v) is 3.10. The summed E-state index contributed by atoms with van der Waals surface area (Å²) in [5, 5.41) is 9.74. The van der Waals surface area contributed by atoms with Crippen molar-refractivity contribution >= 4 is 21.9 Å². The highest BCUT2D eigenvalue weighted by atomic mass is 79.9. The van der Waals surface area contributed by atoms with Crippen LogP contribution in [0.2, 0.25) is 0 Å². The number of aliphatic hydroxyl groups is 1. The molecule has 1 aromatic rings. The summed E-state index contributed by atoms with van der Waals surface area (Å²) in [6, 6.07) is 5.31. The van der Waals surface area contributed by atoms with Crippen LogP contribution in [0.1, 0.15) is 38.9 Å². The Morgan fingerprint density at radius 1 is 1.42 bits per heavy atom. The summed E-state index contributed by atoms with van der Waals surface area (Å²) in [7, 11) is 0. The fourth-order valence-corrected chi connectivity index (χ4v) is 2.02. The minimum atomic E-state index is -0.674. The maximum atomic E-state index is 11.7. The molecule has 0 aromatic heterocycles. The highest BCUT2D eigenvalue weighted by molar-refractivity contribution is 9.10. The number of hydrogen-bond donors (Lipinski definition) is 1. The van der Waals surface area contributed by atoms with Crippen molar-refractivity contribution < 1.29 is 19.4 Å². The Hall–Kier alpha value is -1.07. The van der Waals surface area contributed by atoms with Crippen molar-refractivity contribution in [3.8, 4) is 5.75 Å². The average molecular weight is 331 g/mol. The lowest BCUT2D eigenvalue weighted by molar-refractivity contribution is -0.151. The number of carbonyl (C=O) groups excluding carboxylic acids is 1.